The molecule has 0 saturated heterocycles. The zero-order valence-electron chi connectivity index (χ0n) is 14.3. The first kappa shape index (κ1) is 18.3. The zero-order chi connectivity index (χ0) is 18.7. The molecule has 0 aliphatic heterocycles. The number of halogens is 1. The number of rotatable bonds is 3. The average Bonchev–Trinajstić information content (AvgIpc) is 2.95. The van der Waals surface area contributed by atoms with Gasteiger partial charge in [0, 0.05) is 20.6 Å². The van der Waals surface area contributed by atoms with E-state index in [1.165, 1.54) is 11.5 Å². The summed E-state index contributed by atoms with van der Waals surface area (Å²) in [6.07, 6.45) is 0. The van der Waals surface area contributed by atoms with Crippen molar-refractivity contribution in [3.8, 4) is 0 Å². The van der Waals surface area contributed by atoms with Crippen molar-refractivity contribution in [1.82, 2.24) is 3.96 Å². The van der Waals surface area contributed by atoms with Crippen LogP contribution in [0.3, 0.4) is 0 Å². The van der Waals surface area contributed by atoms with E-state index in [1.54, 1.807) is 29.1 Å². The van der Waals surface area contributed by atoms with Gasteiger partial charge in [-0.05, 0) is 68.4 Å². The molecule has 3 aromatic rings. The number of carbonyl (C=O) groups is 1. The predicted molar refractivity (Wildman–Crippen MR) is 110 cm³/mol. The number of nitrogens with zero attached hydrogens (tertiary/aromatic N) is 2. The lowest BCUT2D eigenvalue weighted by Gasteiger charge is -2.11. The standard InChI is InChI=1S/C19H17BrN4OS/c1-12-11-18(21)24(26-12)19(23-17-9-5-15(20)6-10-17)22-16-7-3-14(4-8-16)13(2)25/h3-11,21H,1-2H3,(H,22,23). The van der Waals surface area contributed by atoms with Crippen LogP contribution in [0.1, 0.15) is 22.2 Å². The van der Waals surface area contributed by atoms with E-state index in [4.69, 9.17) is 5.41 Å². The molecule has 2 aromatic carbocycles. The topological polar surface area (TPSA) is 70.2 Å². The van der Waals surface area contributed by atoms with Crippen molar-refractivity contribution in [3.63, 3.8) is 0 Å². The molecule has 0 unspecified atom stereocenters. The Bertz CT molecular complexity index is 1020. The van der Waals surface area contributed by atoms with E-state index in [0.717, 1.165) is 20.7 Å². The third-order valence-electron chi connectivity index (χ3n) is 3.60. The van der Waals surface area contributed by atoms with Crippen LogP contribution >= 0.6 is 27.5 Å². The minimum absolute atomic E-state index is 0.0250. The quantitative estimate of drug-likeness (QED) is 0.351. The number of hydrogen-bond acceptors (Lipinski definition) is 4. The molecule has 1 heterocycles. The maximum absolute atomic E-state index is 11.4. The van der Waals surface area contributed by atoms with Crippen molar-refractivity contribution in [2.75, 3.05) is 5.32 Å². The summed E-state index contributed by atoms with van der Waals surface area (Å²) in [5.74, 6) is 0.558. The molecule has 0 radical (unpaired) electrons. The Balaban J connectivity index is 2.00. The molecule has 26 heavy (non-hydrogen) atoms. The molecule has 1 aromatic heterocycles. The molecule has 3 rings (SSSR count). The number of benzene rings is 2. The van der Waals surface area contributed by atoms with E-state index in [-0.39, 0.29) is 5.78 Å². The van der Waals surface area contributed by atoms with Crippen LogP contribution in [0.15, 0.2) is 64.1 Å². The summed E-state index contributed by atoms with van der Waals surface area (Å²) in [6, 6.07) is 16.6. The Kier molecular flexibility index (Phi) is 5.49. The number of hydrogen-bond donors (Lipinski definition) is 2. The highest BCUT2D eigenvalue weighted by Crippen LogP contribution is 2.19. The molecule has 5 nitrogen and oxygen atoms in total. The number of Topliss-reactive ketones (excluding diaryl/α,β-unsaturated/α-hetero) is 1. The highest BCUT2D eigenvalue weighted by atomic mass is 79.9. The summed E-state index contributed by atoms with van der Waals surface area (Å²) in [4.78, 5) is 17.1. The van der Waals surface area contributed by atoms with Gasteiger partial charge in [0.05, 0.1) is 5.69 Å². The molecule has 0 amide bonds. The third kappa shape index (κ3) is 4.36. The van der Waals surface area contributed by atoms with Crippen molar-refractivity contribution >= 4 is 50.6 Å². The molecule has 0 aliphatic carbocycles. The van der Waals surface area contributed by atoms with Crippen LogP contribution in [-0.2, 0) is 0 Å². The van der Waals surface area contributed by atoms with Crippen molar-refractivity contribution in [3.05, 3.63) is 75.0 Å². The summed E-state index contributed by atoms with van der Waals surface area (Å²) < 4.78 is 2.71. The molecular formula is C19H17BrN4OS. The number of aromatic nitrogens is 1. The lowest BCUT2D eigenvalue weighted by Crippen LogP contribution is -2.28. The first-order valence-corrected chi connectivity index (χ1v) is 9.46. The Morgan fingerprint density at radius 2 is 1.81 bits per heavy atom. The first-order chi connectivity index (χ1) is 12.4. The van der Waals surface area contributed by atoms with Crippen molar-refractivity contribution in [2.24, 2.45) is 4.99 Å². The second-order valence-electron chi connectivity index (χ2n) is 5.70. The molecule has 0 bridgehead atoms. The summed E-state index contributed by atoms with van der Waals surface area (Å²) in [5, 5.41) is 11.4. The number of aryl methyl sites for hydroxylation is 1. The minimum atomic E-state index is 0.0250. The van der Waals surface area contributed by atoms with Crippen molar-refractivity contribution in [1.29, 1.82) is 5.41 Å². The fourth-order valence-electron chi connectivity index (χ4n) is 2.31. The monoisotopic (exact) mass is 428 g/mol. The minimum Gasteiger partial charge on any atom is -0.325 e. The molecule has 0 aliphatic rings. The van der Waals surface area contributed by atoms with Gasteiger partial charge in [-0.15, -0.1) is 0 Å². The summed E-state index contributed by atoms with van der Waals surface area (Å²) in [5.41, 5.74) is 2.58. The predicted octanol–water partition coefficient (Wildman–Crippen LogP) is 4.95. The summed E-state index contributed by atoms with van der Waals surface area (Å²) in [6.45, 7) is 3.50. The molecular weight excluding hydrogens is 412 g/mol. The van der Waals surface area contributed by atoms with Crippen molar-refractivity contribution < 1.29 is 4.79 Å². The summed E-state index contributed by atoms with van der Waals surface area (Å²) in [7, 11) is 0. The number of carbonyl (C=O) groups excluding carboxylic acids is 1. The van der Waals surface area contributed by atoms with Crippen LogP contribution in [0.2, 0.25) is 0 Å². The molecule has 0 saturated carbocycles. The second-order valence-corrected chi connectivity index (χ2v) is 7.80. The van der Waals surface area contributed by atoms with Gasteiger partial charge in [-0.1, -0.05) is 27.5 Å². The van der Waals surface area contributed by atoms with Gasteiger partial charge in [-0.3, -0.25) is 10.2 Å². The van der Waals surface area contributed by atoms with E-state index in [9.17, 15) is 4.79 Å². The van der Waals surface area contributed by atoms with Crippen molar-refractivity contribution in [2.45, 2.75) is 13.8 Å². The van der Waals surface area contributed by atoms with Crippen LogP contribution in [-0.4, -0.2) is 15.7 Å². The number of ketones is 1. The maximum atomic E-state index is 11.4. The number of nitrogens with one attached hydrogen (secondary N) is 2. The molecule has 0 fully saturated rings. The lowest BCUT2D eigenvalue weighted by molar-refractivity contribution is 0.101. The van der Waals surface area contributed by atoms with E-state index in [2.05, 4.69) is 26.2 Å². The van der Waals surface area contributed by atoms with E-state index >= 15 is 0 Å². The van der Waals surface area contributed by atoms with Crippen LogP contribution in [0, 0.1) is 12.3 Å². The van der Waals surface area contributed by atoms with Gasteiger partial charge in [0.25, 0.3) is 0 Å². The van der Waals surface area contributed by atoms with E-state index in [1.807, 2.05) is 43.3 Å². The van der Waals surface area contributed by atoms with Gasteiger partial charge >= 0.3 is 0 Å². The van der Waals surface area contributed by atoms with Gasteiger partial charge in [0.2, 0.25) is 5.96 Å². The van der Waals surface area contributed by atoms with Gasteiger partial charge in [0.15, 0.2) is 5.78 Å². The van der Waals surface area contributed by atoms with E-state index < -0.39 is 0 Å². The molecule has 0 spiro atoms. The number of anilines is 1. The van der Waals surface area contributed by atoms with Gasteiger partial charge in [0.1, 0.15) is 5.49 Å². The normalized spacial score (nSPS) is 11.4. The lowest BCUT2D eigenvalue weighted by atomic mass is 10.1. The second kappa shape index (κ2) is 7.80. The smallest absolute Gasteiger partial charge is 0.223 e. The van der Waals surface area contributed by atoms with Crippen LogP contribution in [0.5, 0.6) is 0 Å². The van der Waals surface area contributed by atoms with Gasteiger partial charge < -0.3 is 5.32 Å². The molecule has 7 heteroatoms. The van der Waals surface area contributed by atoms with Gasteiger partial charge in [-0.25, -0.2) is 8.95 Å². The van der Waals surface area contributed by atoms with Crippen LogP contribution in [0.4, 0.5) is 11.4 Å². The SMILES string of the molecule is CC(=O)c1ccc(NC(=Nc2ccc(Br)cc2)n2sc(C)cc2=N)cc1. The maximum Gasteiger partial charge on any atom is 0.223 e. The Morgan fingerprint density at radius 1 is 1.15 bits per heavy atom. The molecule has 132 valence electrons. The Morgan fingerprint density at radius 3 is 2.35 bits per heavy atom. The van der Waals surface area contributed by atoms with Gasteiger partial charge in [-0.2, -0.15) is 0 Å². The average molecular weight is 429 g/mol. The largest absolute Gasteiger partial charge is 0.325 e. The fourth-order valence-corrected chi connectivity index (χ4v) is 3.35. The zero-order valence-corrected chi connectivity index (χ0v) is 16.7. The highest BCUT2D eigenvalue weighted by molar-refractivity contribution is 9.10. The van der Waals surface area contributed by atoms with E-state index in [0.29, 0.717) is 17.0 Å². The Hall–Kier alpha value is -2.51. The summed E-state index contributed by atoms with van der Waals surface area (Å²) >= 11 is 4.86. The molecule has 2 N–H and O–H groups in total. The highest BCUT2D eigenvalue weighted by Gasteiger charge is 2.09. The Labute approximate surface area is 163 Å². The fraction of sp³-hybridized carbons (Fsp3) is 0.105. The molecule has 0 atom stereocenters. The van der Waals surface area contributed by atoms with Crippen LogP contribution in [0.25, 0.3) is 0 Å². The van der Waals surface area contributed by atoms with Crippen LogP contribution < -0.4 is 10.8 Å². The first-order valence-electron chi connectivity index (χ1n) is 7.89. The third-order valence-corrected chi connectivity index (χ3v) is 5.08. The number of aliphatic imine (C=N–C) groups is 1.